The van der Waals surface area contributed by atoms with Gasteiger partial charge in [-0.15, -0.1) is 0 Å². The van der Waals surface area contributed by atoms with Crippen LogP contribution in [0, 0.1) is 5.92 Å². The quantitative estimate of drug-likeness (QED) is 0.639. The van der Waals surface area contributed by atoms with E-state index in [4.69, 9.17) is 4.74 Å². The first-order chi connectivity index (χ1) is 5.68. The first-order valence-corrected chi connectivity index (χ1v) is 5.02. The van der Waals surface area contributed by atoms with E-state index in [0.717, 1.165) is 19.1 Å². The van der Waals surface area contributed by atoms with Crippen molar-refractivity contribution in [1.82, 2.24) is 4.90 Å². The fourth-order valence-corrected chi connectivity index (χ4v) is 1.65. The van der Waals surface area contributed by atoms with Crippen molar-refractivity contribution in [2.75, 3.05) is 26.2 Å². The summed E-state index contributed by atoms with van der Waals surface area (Å²) >= 11 is 0. The van der Waals surface area contributed by atoms with Gasteiger partial charge in [-0.05, 0) is 32.7 Å². The normalized spacial score (nSPS) is 25.5. The van der Waals surface area contributed by atoms with Gasteiger partial charge in [0, 0.05) is 13.1 Å². The third-order valence-corrected chi connectivity index (χ3v) is 2.37. The zero-order valence-corrected chi connectivity index (χ0v) is 8.55. The summed E-state index contributed by atoms with van der Waals surface area (Å²) in [5.41, 5.74) is 0. The Hall–Kier alpha value is -0.0800. The highest BCUT2D eigenvalue weighted by atomic mass is 16.5. The molecule has 1 aliphatic rings. The van der Waals surface area contributed by atoms with Gasteiger partial charge in [0.1, 0.15) is 0 Å². The summed E-state index contributed by atoms with van der Waals surface area (Å²) < 4.78 is 5.50. The molecule has 0 aromatic carbocycles. The molecule has 1 aliphatic heterocycles. The largest absolute Gasteiger partial charge is 0.377 e. The minimum absolute atomic E-state index is 0.380. The van der Waals surface area contributed by atoms with E-state index in [1.807, 2.05) is 0 Å². The summed E-state index contributed by atoms with van der Waals surface area (Å²) in [5, 5.41) is 0. The maximum Gasteiger partial charge on any atom is 0.0596 e. The molecular formula is C10H21NO. The first kappa shape index (κ1) is 10.0. The van der Waals surface area contributed by atoms with Gasteiger partial charge < -0.3 is 9.64 Å². The fraction of sp³-hybridized carbons (Fsp3) is 1.00. The maximum absolute atomic E-state index is 5.50. The predicted molar refractivity (Wildman–Crippen MR) is 51.3 cm³/mol. The minimum atomic E-state index is 0.380. The number of ether oxygens (including phenoxy) is 1. The summed E-state index contributed by atoms with van der Waals surface area (Å²) in [4.78, 5) is 2.49. The van der Waals surface area contributed by atoms with Crippen molar-refractivity contribution in [3.63, 3.8) is 0 Å². The minimum Gasteiger partial charge on any atom is -0.377 e. The Morgan fingerprint density at radius 1 is 1.50 bits per heavy atom. The van der Waals surface area contributed by atoms with Crippen LogP contribution in [0.1, 0.15) is 27.2 Å². The summed E-state index contributed by atoms with van der Waals surface area (Å²) in [5.74, 6) is 0.893. The lowest BCUT2D eigenvalue weighted by atomic mass is 10.2. The van der Waals surface area contributed by atoms with Crippen molar-refractivity contribution >= 4 is 0 Å². The van der Waals surface area contributed by atoms with Crippen molar-refractivity contribution in [1.29, 1.82) is 0 Å². The number of nitrogens with zero attached hydrogens (tertiary/aromatic N) is 1. The molecular weight excluding hydrogens is 150 g/mol. The van der Waals surface area contributed by atoms with Gasteiger partial charge in [-0.1, -0.05) is 6.92 Å². The van der Waals surface area contributed by atoms with Gasteiger partial charge in [-0.3, -0.25) is 0 Å². The number of hydrogen-bond acceptors (Lipinski definition) is 2. The molecule has 1 saturated heterocycles. The third-order valence-electron chi connectivity index (χ3n) is 2.37. The van der Waals surface area contributed by atoms with Crippen molar-refractivity contribution in [2.24, 2.45) is 5.92 Å². The molecule has 0 amide bonds. The van der Waals surface area contributed by atoms with Gasteiger partial charge in [0.2, 0.25) is 0 Å². The molecule has 1 fully saturated rings. The predicted octanol–water partition coefficient (Wildman–Crippen LogP) is 1.75. The smallest absolute Gasteiger partial charge is 0.0596 e. The van der Waals surface area contributed by atoms with E-state index in [2.05, 4.69) is 25.7 Å². The molecule has 0 unspecified atom stereocenters. The molecule has 1 rings (SSSR count). The van der Waals surface area contributed by atoms with E-state index in [1.54, 1.807) is 0 Å². The highest BCUT2D eigenvalue weighted by Gasteiger charge is 2.17. The van der Waals surface area contributed by atoms with E-state index in [9.17, 15) is 0 Å². The van der Waals surface area contributed by atoms with Gasteiger partial charge in [0.25, 0.3) is 0 Å². The zero-order chi connectivity index (χ0) is 8.97. The Kier molecular flexibility index (Phi) is 4.02. The Bertz CT molecular complexity index is 125. The second-order valence-corrected chi connectivity index (χ2v) is 4.11. The summed E-state index contributed by atoms with van der Waals surface area (Å²) in [6.45, 7) is 11.0. The average molecular weight is 171 g/mol. The molecule has 2 nitrogen and oxygen atoms in total. The highest BCUT2D eigenvalue weighted by Crippen LogP contribution is 2.13. The fourth-order valence-electron chi connectivity index (χ4n) is 1.65. The Morgan fingerprint density at radius 2 is 2.25 bits per heavy atom. The van der Waals surface area contributed by atoms with Crippen LogP contribution in [-0.4, -0.2) is 37.2 Å². The summed E-state index contributed by atoms with van der Waals surface area (Å²) in [6.07, 6.45) is 1.74. The van der Waals surface area contributed by atoms with Crippen molar-refractivity contribution in [2.45, 2.75) is 33.3 Å². The molecule has 2 heteroatoms. The first-order valence-electron chi connectivity index (χ1n) is 5.02. The molecule has 72 valence electrons. The van der Waals surface area contributed by atoms with E-state index in [1.165, 1.54) is 19.5 Å². The van der Waals surface area contributed by atoms with Crippen molar-refractivity contribution < 1.29 is 4.74 Å². The average Bonchev–Trinajstić information content (AvgIpc) is 2.35. The van der Waals surface area contributed by atoms with Crippen LogP contribution in [0.2, 0.25) is 0 Å². The van der Waals surface area contributed by atoms with Crippen molar-refractivity contribution in [3.05, 3.63) is 0 Å². The van der Waals surface area contributed by atoms with Crippen LogP contribution >= 0.6 is 0 Å². The highest BCUT2D eigenvalue weighted by molar-refractivity contribution is 4.71. The maximum atomic E-state index is 5.50. The molecule has 1 heterocycles. The van der Waals surface area contributed by atoms with Crippen LogP contribution in [0.15, 0.2) is 0 Å². The van der Waals surface area contributed by atoms with Crippen LogP contribution in [0.4, 0.5) is 0 Å². The van der Waals surface area contributed by atoms with Crippen LogP contribution in [0.5, 0.6) is 0 Å². The van der Waals surface area contributed by atoms with Gasteiger partial charge in [-0.25, -0.2) is 0 Å². The van der Waals surface area contributed by atoms with E-state index in [-0.39, 0.29) is 0 Å². The van der Waals surface area contributed by atoms with Crippen molar-refractivity contribution in [3.8, 4) is 0 Å². The standard InChI is InChI=1S/C10H21NO/c1-9(2)12-7-6-11-5-4-10(3)8-11/h9-10H,4-8H2,1-3H3/t10-/m1/s1. The van der Waals surface area contributed by atoms with Crippen LogP contribution in [0.3, 0.4) is 0 Å². The van der Waals surface area contributed by atoms with Gasteiger partial charge in [0.15, 0.2) is 0 Å². The van der Waals surface area contributed by atoms with Gasteiger partial charge in [-0.2, -0.15) is 0 Å². The Morgan fingerprint density at radius 3 is 2.75 bits per heavy atom. The second kappa shape index (κ2) is 4.83. The number of rotatable bonds is 4. The molecule has 0 spiro atoms. The van der Waals surface area contributed by atoms with Crippen LogP contribution in [-0.2, 0) is 4.74 Å². The van der Waals surface area contributed by atoms with E-state index < -0.39 is 0 Å². The molecule has 12 heavy (non-hydrogen) atoms. The lowest BCUT2D eigenvalue weighted by Gasteiger charge is -2.16. The Labute approximate surface area is 75.9 Å². The summed E-state index contributed by atoms with van der Waals surface area (Å²) in [7, 11) is 0. The SMILES string of the molecule is CC(C)OCCN1CC[C@@H](C)C1. The van der Waals surface area contributed by atoms with Gasteiger partial charge >= 0.3 is 0 Å². The Balaban J connectivity index is 2.00. The molecule has 0 aromatic heterocycles. The topological polar surface area (TPSA) is 12.5 Å². The molecule has 0 N–H and O–H groups in total. The van der Waals surface area contributed by atoms with E-state index >= 15 is 0 Å². The molecule has 0 saturated carbocycles. The van der Waals surface area contributed by atoms with Crippen LogP contribution < -0.4 is 0 Å². The second-order valence-electron chi connectivity index (χ2n) is 4.11. The molecule has 0 bridgehead atoms. The molecule has 1 atom stereocenters. The molecule has 0 aliphatic carbocycles. The lowest BCUT2D eigenvalue weighted by molar-refractivity contribution is 0.0630. The van der Waals surface area contributed by atoms with E-state index in [0.29, 0.717) is 6.10 Å². The van der Waals surface area contributed by atoms with Gasteiger partial charge in [0.05, 0.1) is 12.7 Å². The third kappa shape index (κ3) is 3.55. The number of hydrogen-bond donors (Lipinski definition) is 0. The molecule has 0 aromatic rings. The monoisotopic (exact) mass is 171 g/mol. The number of likely N-dealkylation sites (tertiary alicyclic amines) is 1. The zero-order valence-electron chi connectivity index (χ0n) is 8.55. The summed E-state index contributed by atoms with van der Waals surface area (Å²) in [6, 6.07) is 0. The molecule has 0 radical (unpaired) electrons. The van der Waals surface area contributed by atoms with Crippen LogP contribution in [0.25, 0.3) is 0 Å². The lowest BCUT2D eigenvalue weighted by Crippen LogP contribution is -2.25.